The van der Waals surface area contributed by atoms with Gasteiger partial charge in [0, 0.05) is 6.20 Å². The SMILES string of the molecule is CCOC(=O)NNC(=O)c1cccnc1SC. The van der Waals surface area contributed by atoms with Crippen LogP contribution in [0.2, 0.25) is 0 Å². The minimum absolute atomic E-state index is 0.241. The Hall–Kier alpha value is -1.76. The number of rotatable bonds is 3. The van der Waals surface area contributed by atoms with E-state index in [0.717, 1.165) is 0 Å². The van der Waals surface area contributed by atoms with Crippen LogP contribution in [0.5, 0.6) is 0 Å². The van der Waals surface area contributed by atoms with E-state index in [1.54, 1.807) is 25.3 Å². The number of amides is 2. The zero-order chi connectivity index (χ0) is 12.7. The van der Waals surface area contributed by atoms with Crippen LogP contribution in [-0.4, -0.2) is 29.8 Å². The summed E-state index contributed by atoms with van der Waals surface area (Å²) in [5, 5.41) is 0.593. The smallest absolute Gasteiger partial charge is 0.426 e. The Kier molecular flexibility index (Phi) is 5.28. The molecule has 0 radical (unpaired) electrons. The molecule has 7 heteroatoms. The van der Waals surface area contributed by atoms with Crippen LogP contribution in [0.1, 0.15) is 17.3 Å². The largest absolute Gasteiger partial charge is 0.449 e. The van der Waals surface area contributed by atoms with Gasteiger partial charge in [-0.2, -0.15) is 0 Å². The maximum absolute atomic E-state index is 11.7. The maximum Gasteiger partial charge on any atom is 0.426 e. The molecule has 0 spiro atoms. The van der Waals surface area contributed by atoms with Crippen molar-refractivity contribution in [2.75, 3.05) is 12.9 Å². The van der Waals surface area contributed by atoms with Crippen molar-refractivity contribution >= 4 is 23.8 Å². The third-order valence-electron chi connectivity index (χ3n) is 1.76. The number of hydrogen-bond donors (Lipinski definition) is 2. The van der Waals surface area contributed by atoms with Gasteiger partial charge >= 0.3 is 6.09 Å². The Morgan fingerprint density at radius 2 is 2.24 bits per heavy atom. The van der Waals surface area contributed by atoms with Gasteiger partial charge in [-0.25, -0.2) is 15.2 Å². The summed E-state index contributed by atoms with van der Waals surface area (Å²) in [4.78, 5) is 26.7. The monoisotopic (exact) mass is 255 g/mol. The van der Waals surface area contributed by atoms with Gasteiger partial charge in [-0.15, -0.1) is 11.8 Å². The number of ether oxygens (including phenoxy) is 1. The van der Waals surface area contributed by atoms with Crippen molar-refractivity contribution < 1.29 is 14.3 Å². The van der Waals surface area contributed by atoms with Crippen LogP contribution in [0.25, 0.3) is 0 Å². The van der Waals surface area contributed by atoms with Crippen molar-refractivity contribution in [1.82, 2.24) is 15.8 Å². The van der Waals surface area contributed by atoms with Crippen LogP contribution in [0, 0.1) is 0 Å². The number of pyridine rings is 1. The second-order valence-electron chi connectivity index (χ2n) is 2.86. The molecule has 0 aliphatic carbocycles. The first-order chi connectivity index (χ1) is 8.19. The van der Waals surface area contributed by atoms with E-state index in [0.29, 0.717) is 10.6 Å². The number of nitrogens with one attached hydrogen (secondary N) is 2. The van der Waals surface area contributed by atoms with E-state index in [1.165, 1.54) is 11.8 Å². The highest BCUT2D eigenvalue weighted by atomic mass is 32.2. The average Bonchev–Trinajstić information content (AvgIpc) is 2.36. The van der Waals surface area contributed by atoms with E-state index in [2.05, 4.69) is 20.6 Å². The molecule has 0 bridgehead atoms. The van der Waals surface area contributed by atoms with E-state index >= 15 is 0 Å². The Morgan fingerprint density at radius 3 is 2.88 bits per heavy atom. The van der Waals surface area contributed by atoms with Crippen LogP contribution in [0.4, 0.5) is 4.79 Å². The lowest BCUT2D eigenvalue weighted by molar-refractivity contribution is 0.0909. The molecule has 1 aromatic heterocycles. The molecule has 0 atom stereocenters. The fraction of sp³-hybridized carbons (Fsp3) is 0.300. The summed E-state index contributed by atoms with van der Waals surface area (Å²) >= 11 is 1.35. The summed E-state index contributed by atoms with van der Waals surface area (Å²) in [5.41, 5.74) is 4.78. The van der Waals surface area contributed by atoms with Gasteiger partial charge in [0.15, 0.2) is 0 Å². The Bertz CT molecular complexity index is 412. The van der Waals surface area contributed by atoms with Crippen molar-refractivity contribution in [1.29, 1.82) is 0 Å². The molecule has 0 aliphatic heterocycles. The topological polar surface area (TPSA) is 80.3 Å². The first-order valence-corrected chi connectivity index (χ1v) is 6.13. The Labute approximate surface area is 103 Å². The van der Waals surface area contributed by atoms with Gasteiger partial charge < -0.3 is 4.74 Å². The summed E-state index contributed by atoms with van der Waals surface area (Å²) in [6.07, 6.45) is 2.72. The fourth-order valence-corrected chi connectivity index (χ4v) is 1.62. The third-order valence-corrected chi connectivity index (χ3v) is 2.47. The number of hydrogen-bond acceptors (Lipinski definition) is 5. The van der Waals surface area contributed by atoms with Crippen molar-refractivity contribution in [2.45, 2.75) is 11.9 Å². The second-order valence-corrected chi connectivity index (χ2v) is 3.65. The van der Waals surface area contributed by atoms with E-state index in [-0.39, 0.29) is 6.61 Å². The van der Waals surface area contributed by atoms with Crippen molar-refractivity contribution in [3.63, 3.8) is 0 Å². The van der Waals surface area contributed by atoms with Gasteiger partial charge in [0.2, 0.25) is 0 Å². The Balaban J connectivity index is 2.61. The van der Waals surface area contributed by atoms with Crippen molar-refractivity contribution in [3.05, 3.63) is 23.9 Å². The lowest BCUT2D eigenvalue weighted by Gasteiger charge is -2.08. The highest BCUT2D eigenvalue weighted by Gasteiger charge is 2.12. The van der Waals surface area contributed by atoms with E-state index in [1.807, 2.05) is 6.26 Å². The van der Waals surface area contributed by atoms with E-state index in [4.69, 9.17) is 0 Å². The van der Waals surface area contributed by atoms with Gasteiger partial charge in [-0.05, 0) is 25.3 Å². The lowest BCUT2D eigenvalue weighted by atomic mass is 10.3. The van der Waals surface area contributed by atoms with Crippen LogP contribution in [0.3, 0.4) is 0 Å². The second kappa shape index (κ2) is 6.74. The quantitative estimate of drug-likeness (QED) is 0.626. The van der Waals surface area contributed by atoms with Gasteiger partial charge in [-0.3, -0.25) is 10.2 Å². The van der Waals surface area contributed by atoms with Gasteiger partial charge in [0.05, 0.1) is 12.2 Å². The molecule has 92 valence electrons. The summed E-state index contributed by atoms with van der Waals surface area (Å²) in [6, 6.07) is 3.28. The zero-order valence-electron chi connectivity index (χ0n) is 9.52. The minimum atomic E-state index is -0.699. The number of thioether (sulfide) groups is 1. The predicted molar refractivity (Wildman–Crippen MR) is 63.6 cm³/mol. The third kappa shape index (κ3) is 3.95. The van der Waals surface area contributed by atoms with Crippen LogP contribution in [-0.2, 0) is 4.74 Å². The van der Waals surface area contributed by atoms with Crippen molar-refractivity contribution in [3.8, 4) is 0 Å². The molecule has 0 aromatic carbocycles. The zero-order valence-corrected chi connectivity index (χ0v) is 10.3. The van der Waals surface area contributed by atoms with E-state index in [9.17, 15) is 9.59 Å². The molecular formula is C10H13N3O3S. The number of hydrazine groups is 1. The molecule has 17 heavy (non-hydrogen) atoms. The normalized spacial score (nSPS) is 9.53. The molecule has 0 fully saturated rings. The van der Waals surface area contributed by atoms with Crippen LogP contribution >= 0.6 is 11.8 Å². The summed E-state index contributed by atoms with van der Waals surface area (Å²) in [7, 11) is 0. The highest BCUT2D eigenvalue weighted by Crippen LogP contribution is 2.16. The predicted octanol–water partition coefficient (Wildman–Crippen LogP) is 1.19. The van der Waals surface area contributed by atoms with E-state index < -0.39 is 12.0 Å². The molecular weight excluding hydrogens is 242 g/mol. The molecule has 0 saturated heterocycles. The molecule has 0 aliphatic rings. The molecule has 1 aromatic rings. The molecule has 6 nitrogen and oxygen atoms in total. The number of nitrogens with zero attached hydrogens (tertiary/aromatic N) is 1. The maximum atomic E-state index is 11.7. The molecule has 2 N–H and O–H groups in total. The number of carbonyl (C=O) groups is 2. The minimum Gasteiger partial charge on any atom is -0.449 e. The average molecular weight is 255 g/mol. The first-order valence-electron chi connectivity index (χ1n) is 4.91. The highest BCUT2D eigenvalue weighted by molar-refractivity contribution is 7.98. The number of carbonyl (C=O) groups excluding carboxylic acids is 2. The summed E-state index contributed by atoms with van der Waals surface area (Å²) in [5.74, 6) is -0.435. The fourth-order valence-electron chi connectivity index (χ4n) is 1.07. The standard InChI is InChI=1S/C10H13N3O3S/c1-3-16-10(15)13-12-8(14)7-5-4-6-11-9(7)17-2/h4-6H,3H2,1-2H3,(H,12,14)(H,13,15). The first kappa shape index (κ1) is 13.3. The van der Waals surface area contributed by atoms with Crippen molar-refractivity contribution in [2.24, 2.45) is 0 Å². The van der Waals surface area contributed by atoms with Gasteiger partial charge in [0.1, 0.15) is 5.03 Å². The van der Waals surface area contributed by atoms with Gasteiger partial charge in [-0.1, -0.05) is 0 Å². The van der Waals surface area contributed by atoms with Crippen LogP contribution < -0.4 is 10.9 Å². The summed E-state index contributed by atoms with van der Waals surface area (Å²) in [6.45, 7) is 1.92. The number of aromatic nitrogens is 1. The molecule has 0 unspecified atom stereocenters. The van der Waals surface area contributed by atoms with Gasteiger partial charge in [0.25, 0.3) is 5.91 Å². The van der Waals surface area contributed by atoms with Crippen LogP contribution in [0.15, 0.2) is 23.4 Å². The molecule has 2 amide bonds. The lowest BCUT2D eigenvalue weighted by Crippen LogP contribution is -2.42. The Morgan fingerprint density at radius 1 is 1.47 bits per heavy atom. The molecule has 1 rings (SSSR count). The molecule has 0 saturated carbocycles. The summed E-state index contributed by atoms with van der Waals surface area (Å²) < 4.78 is 4.60. The molecule has 1 heterocycles.